The van der Waals surface area contributed by atoms with Crippen molar-refractivity contribution in [2.24, 2.45) is 0 Å². The summed E-state index contributed by atoms with van der Waals surface area (Å²) >= 11 is 0. The summed E-state index contributed by atoms with van der Waals surface area (Å²) in [4.78, 5) is 26.3. The van der Waals surface area contributed by atoms with E-state index in [0.29, 0.717) is 24.1 Å². The molecule has 2 amide bonds. The lowest BCUT2D eigenvalue weighted by Crippen LogP contribution is -2.43. The Bertz CT molecular complexity index is 660. The number of nitrogens with zero attached hydrogens (tertiary/aromatic N) is 1. The molecule has 6 heteroatoms. The maximum atomic E-state index is 14.1. The minimum atomic E-state index is -0.799. The van der Waals surface area contributed by atoms with E-state index in [-0.39, 0.29) is 30.1 Å². The standard InChI is InChI=1S/C19H25FN2O3/c1-2-3-7-17(24)22-10-15(16(23)11-22)21-19(25)13-5-4-6-14(20)18(13)12-8-9-12/h4-6,12,15-16,23H,2-3,7-11H2,1H3,(H,21,25)/t15-,16-/m1/s1. The number of hydrogen-bond donors (Lipinski definition) is 2. The Morgan fingerprint density at radius 1 is 1.32 bits per heavy atom. The van der Waals surface area contributed by atoms with Gasteiger partial charge in [-0.3, -0.25) is 9.59 Å². The third kappa shape index (κ3) is 4.00. The van der Waals surface area contributed by atoms with Crippen LogP contribution in [0.1, 0.15) is 60.9 Å². The molecular formula is C19H25FN2O3. The van der Waals surface area contributed by atoms with Crippen LogP contribution in [0.5, 0.6) is 0 Å². The van der Waals surface area contributed by atoms with E-state index in [4.69, 9.17) is 0 Å². The highest BCUT2D eigenvalue weighted by atomic mass is 19.1. The van der Waals surface area contributed by atoms with Crippen molar-refractivity contribution >= 4 is 11.8 Å². The van der Waals surface area contributed by atoms with Crippen LogP contribution in [0.25, 0.3) is 0 Å². The van der Waals surface area contributed by atoms with Crippen molar-refractivity contribution in [2.45, 2.75) is 57.1 Å². The number of β-amino-alcohol motifs (C(OH)–C–C–N with tert-alkyl or cyclic N) is 1. The van der Waals surface area contributed by atoms with Crippen LogP contribution in [-0.4, -0.2) is 47.1 Å². The molecule has 0 aromatic heterocycles. The van der Waals surface area contributed by atoms with Crippen LogP contribution in [0.3, 0.4) is 0 Å². The predicted octanol–water partition coefficient (Wildman–Crippen LogP) is 2.19. The van der Waals surface area contributed by atoms with Crippen LogP contribution < -0.4 is 5.32 Å². The fourth-order valence-electron chi connectivity index (χ4n) is 3.39. The van der Waals surface area contributed by atoms with Crippen molar-refractivity contribution in [1.29, 1.82) is 0 Å². The van der Waals surface area contributed by atoms with Gasteiger partial charge in [0.1, 0.15) is 5.82 Å². The maximum Gasteiger partial charge on any atom is 0.252 e. The minimum Gasteiger partial charge on any atom is -0.389 e. The van der Waals surface area contributed by atoms with E-state index < -0.39 is 12.1 Å². The van der Waals surface area contributed by atoms with Crippen molar-refractivity contribution in [3.05, 3.63) is 35.1 Å². The van der Waals surface area contributed by atoms with E-state index in [1.165, 1.54) is 12.1 Å². The van der Waals surface area contributed by atoms with E-state index in [1.807, 2.05) is 6.92 Å². The molecule has 136 valence electrons. The smallest absolute Gasteiger partial charge is 0.252 e. The van der Waals surface area contributed by atoms with E-state index in [9.17, 15) is 19.1 Å². The first kappa shape index (κ1) is 17.9. The van der Waals surface area contributed by atoms with Gasteiger partial charge in [0.25, 0.3) is 5.91 Å². The number of benzene rings is 1. The number of carbonyl (C=O) groups excluding carboxylic acids is 2. The highest BCUT2D eigenvalue weighted by Gasteiger charge is 2.36. The van der Waals surface area contributed by atoms with E-state index in [1.54, 1.807) is 11.0 Å². The largest absolute Gasteiger partial charge is 0.389 e. The van der Waals surface area contributed by atoms with Gasteiger partial charge in [-0.25, -0.2) is 4.39 Å². The summed E-state index contributed by atoms with van der Waals surface area (Å²) in [5.41, 5.74) is 0.814. The molecule has 2 atom stereocenters. The normalized spacial score (nSPS) is 22.9. The summed E-state index contributed by atoms with van der Waals surface area (Å²) in [6, 6.07) is 4.01. The molecule has 2 aliphatic rings. The number of likely N-dealkylation sites (tertiary alicyclic amines) is 1. The van der Waals surface area contributed by atoms with E-state index in [0.717, 1.165) is 25.7 Å². The lowest BCUT2D eigenvalue weighted by Gasteiger charge is -2.18. The zero-order chi connectivity index (χ0) is 18.0. The van der Waals surface area contributed by atoms with Crippen molar-refractivity contribution in [3.8, 4) is 0 Å². The molecule has 0 bridgehead atoms. The Hall–Kier alpha value is -1.95. The van der Waals surface area contributed by atoms with Gasteiger partial charge >= 0.3 is 0 Å². The number of rotatable bonds is 6. The Labute approximate surface area is 147 Å². The van der Waals surface area contributed by atoms with Crippen LogP contribution in [-0.2, 0) is 4.79 Å². The number of aliphatic hydroxyl groups is 1. The number of aliphatic hydroxyl groups excluding tert-OH is 1. The van der Waals surface area contributed by atoms with Crippen LogP contribution in [0.15, 0.2) is 18.2 Å². The van der Waals surface area contributed by atoms with Crippen LogP contribution in [0, 0.1) is 5.82 Å². The van der Waals surface area contributed by atoms with Crippen molar-refractivity contribution in [3.63, 3.8) is 0 Å². The van der Waals surface area contributed by atoms with Gasteiger partial charge in [-0.15, -0.1) is 0 Å². The molecule has 0 unspecified atom stereocenters. The SMILES string of the molecule is CCCCC(=O)N1C[C@@H](O)[C@H](NC(=O)c2cccc(F)c2C2CC2)C1. The summed E-state index contributed by atoms with van der Waals surface area (Å²) in [6.45, 7) is 2.54. The summed E-state index contributed by atoms with van der Waals surface area (Å²) in [7, 11) is 0. The first-order valence-corrected chi connectivity index (χ1v) is 9.06. The lowest BCUT2D eigenvalue weighted by molar-refractivity contribution is -0.130. The monoisotopic (exact) mass is 348 g/mol. The summed E-state index contributed by atoms with van der Waals surface area (Å²) in [5.74, 6) is -0.614. The highest BCUT2D eigenvalue weighted by molar-refractivity contribution is 5.96. The summed E-state index contributed by atoms with van der Waals surface area (Å²) in [6.07, 6.45) is 3.20. The predicted molar refractivity (Wildman–Crippen MR) is 91.7 cm³/mol. The fourth-order valence-corrected chi connectivity index (χ4v) is 3.39. The van der Waals surface area contributed by atoms with Gasteiger partial charge in [0.15, 0.2) is 0 Å². The molecular weight excluding hydrogens is 323 g/mol. The number of hydrogen-bond acceptors (Lipinski definition) is 3. The van der Waals surface area contributed by atoms with Gasteiger partial charge < -0.3 is 15.3 Å². The Kier molecular flexibility index (Phi) is 5.37. The molecule has 5 nitrogen and oxygen atoms in total. The van der Waals surface area contributed by atoms with Crippen molar-refractivity contribution in [1.82, 2.24) is 10.2 Å². The van der Waals surface area contributed by atoms with Gasteiger partial charge in [0.2, 0.25) is 5.91 Å². The third-order valence-electron chi connectivity index (χ3n) is 4.99. The van der Waals surface area contributed by atoms with Crippen LogP contribution in [0.4, 0.5) is 4.39 Å². The zero-order valence-corrected chi connectivity index (χ0v) is 14.5. The quantitative estimate of drug-likeness (QED) is 0.828. The van der Waals surface area contributed by atoms with Gasteiger partial charge in [-0.05, 0) is 37.3 Å². The van der Waals surface area contributed by atoms with Crippen LogP contribution >= 0.6 is 0 Å². The van der Waals surface area contributed by atoms with E-state index in [2.05, 4.69) is 5.32 Å². The molecule has 0 radical (unpaired) electrons. The number of amides is 2. The number of nitrogens with one attached hydrogen (secondary N) is 1. The molecule has 1 aliphatic carbocycles. The average Bonchev–Trinajstić information content (AvgIpc) is 3.36. The third-order valence-corrected chi connectivity index (χ3v) is 4.99. The second-order valence-corrected chi connectivity index (χ2v) is 7.02. The number of unbranched alkanes of at least 4 members (excludes halogenated alkanes) is 1. The Morgan fingerprint density at radius 2 is 2.08 bits per heavy atom. The first-order chi connectivity index (χ1) is 12.0. The lowest BCUT2D eigenvalue weighted by atomic mass is 10.0. The fraction of sp³-hybridized carbons (Fsp3) is 0.579. The summed E-state index contributed by atoms with van der Waals surface area (Å²) < 4.78 is 14.1. The summed E-state index contributed by atoms with van der Waals surface area (Å²) in [5, 5.41) is 13.0. The molecule has 1 aromatic carbocycles. The molecule has 1 saturated carbocycles. The molecule has 2 fully saturated rings. The van der Waals surface area contributed by atoms with Crippen LogP contribution in [0.2, 0.25) is 0 Å². The second-order valence-electron chi connectivity index (χ2n) is 7.02. The Balaban J connectivity index is 1.66. The Morgan fingerprint density at radius 3 is 2.76 bits per heavy atom. The molecule has 25 heavy (non-hydrogen) atoms. The molecule has 2 N–H and O–H groups in total. The average molecular weight is 348 g/mol. The number of carbonyl (C=O) groups is 2. The highest BCUT2D eigenvalue weighted by Crippen LogP contribution is 2.42. The van der Waals surface area contributed by atoms with Gasteiger partial charge in [0.05, 0.1) is 12.1 Å². The van der Waals surface area contributed by atoms with Crippen molar-refractivity contribution in [2.75, 3.05) is 13.1 Å². The molecule has 1 aliphatic heterocycles. The maximum absolute atomic E-state index is 14.1. The zero-order valence-electron chi connectivity index (χ0n) is 14.5. The number of halogens is 1. The topological polar surface area (TPSA) is 69.6 Å². The second kappa shape index (κ2) is 7.52. The van der Waals surface area contributed by atoms with Gasteiger partial charge in [-0.2, -0.15) is 0 Å². The molecule has 1 aromatic rings. The first-order valence-electron chi connectivity index (χ1n) is 9.06. The van der Waals surface area contributed by atoms with Gasteiger partial charge in [-0.1, -0.05) is 19.4 Å². The van der Waals surface area contributed by atoms with Crippen molar-refractivity contribution < 1.29 is 19.1 Å². The van der Waals surface area contributed by atoms with E-state index >= 15 is 0 Å². The minimum absolute atomic E-state index is 0.00192. The van der Waals surface area contributed by atoms with Gasteiger partial charge in [0, 0.05) is 30.6 Å². The molecule has 3 rings (SSSR count). The molecule has 1 heterocycles. The molecule has 0 spiro atoms. The molecule has 1 saturated heterocycles.